The number of carbonyl (C=O) groups is 4. The average molecular weight is 581 g/mol. The van der Waals surface area contributed by atoms with Crippen molar-refractivity contribution in [2.45, 2.75) is 50.2 Å². The van der Waals surface area contributed by atoms with Crippen LogP contribution in [0.15, 0.2) is 47.3 Å². The highest BCUT2D eigenvalue weighted by molar-refractivity contribution is 6.06. The van der Waals surface area contributed by atoms with E-state index in [1.807, 2.05) is 0 Å². The van der Waals surface area contributed by atoms with Crippen molar-refractivity contribution in [3.63, 3.8) is 0 Å². The van der Waals surface area contributed by atoms with Crippen LogP contribution in [-0.2, 0) is 20.9 Å². The van der Waals surface area contributed by atoms with E-state index in [4.69, 9.17) is 10.00 Å². The standard InChI is InChI=1S/C26H24F5N5O5/c1-14(26(29,30)31)36(11-15-2-4-16(27)5-3-15)20(37)12-35-13-25(41-24(35)40)7-6-17-18(25)10-19(28)21(22(17)38)34-23(39)33-9-8-32/h2-5,10,14,21H,6-7,9,11-13H2,1H3,(H2,33,34,39)/t14-,21?,25?/m0/s1. The van der Waals surface area contributed by atoms with Crippen molar-refractivity contribution in [2.24, 2.45) is 0 Å². The van der Waals surface area contributed by atoms with Crippen LogP contribution in [0.4, 0.5) is 31.5 Å². The van der Waals surface area contributed by atoms with E-state index >= 15 is 0 Å². The Labute approximate surface area is 230 Å². The number of nitriles is 1. The highest BCUT2D eigenvalue weighted by Gasteiger charge is 2.55. The molecule has 1 aromatic rings. The Kier molecular flexibility index (Phi) is 8.05. The minimum atomic E-state index is -4.80. The Hall–Kier alpha value is -4.48. The summed E-state index contributed by atoms with van der Waals surface area (Å²) in [4.78, 5) is 52.1. The van der Waals surface area contributed by atoms with Crippen LogP contribution in [-0.4, -0.2) is 77.1 Å². The van der Waals surface area contributed by atoms with Crippen molar-refractivity contribution in [2.75, 3.05) is 19.6 Å². The second-order valence-corrected chi connectivity index (χ2v) is 9.79. The first-order chi connectivity index (χ1) is 19.3. The Morgan fingerprint density at radius 3 is 2.56 bits per heavy atom. The monoisotopic (exact) mass is 581 g/mol. The molecule has 2 unspecified atom stereocenters. The van der Waals surface area contributed by atoms with Crippen LogP contribution in [0.25, 0.3) is 0 Å². The van der Waals surface area contributed by atoms with E-state index in [-0.39, 0.29) is 42.6 Å². The van der Waals surface area contributed by atoms with E-state index in [1.54, 1.807) is 6.07 Å². The summed E-state index contributed by atoms with van der Waals surface area (Å²) in [5.41, 5.74) is -1.15. The second-order valence-electron chi connectivity index (χ2n) is 9.79. The van der Waals surface area contributed by atoms with Crippen LogP contribution < -0.4 is 10.6 Å². The van der Waals surface area contributed by atoms with Crippen molar-refractivity contribution in [1.29, 1.82) is 5.26 Å². The number of rotatable bonds is 7. The zero-order valence-corrected chi connectivity index (χ0v) is 21.6. The molecule has 0 radical (unpaired) electrons. The van der Waals surface area contributed by atoms with Gasteiger partial charge in [0.1, 0.15) is 36.8 Å². The number of nitrogens with zero attached hydrogens (tertiary/aromatic N) is 3. The maximum absolute atomic E-state index is 15.0. The van der Waals surface area contributed by atoms with Gasteiger partial charge in [0.2, 0.25) is 5.91 Å². The molecular weight excluding hydrogens is 557 g/mol. The van der Waals surface area contributed by atoms with Crippen LogP contribution >= 0.6 is 0 Å². The molecule has 4 rings (SSSR count). The minimum absolute atomic E-state index is 0.0369. The van der Waals surface area contributed by atoms with Crippen LogP contribution in [0.5, 0.6) is 0 Å². The fraction of sp³-hybridized carbons (Fsp3) is 0.423. The van der Waals surface area contributed by atoms with Gasteiger partial charge in [0.15, 0.2) is 11.4 Å². The zero-order valence-electron chi connectivity index (χ0n) is 21.6. The number of ether oxygens (including phenoxy) is 1. The van der Waals surface area contributed by atoms with Gasteiger partial charge in [-0.2, -0.15) is 18.4 Å². The third-order valence-electron chi connectivity index (χ3n) is 7.16. The first-order valence-corrected chi connectivity index (χ1v) is 12.4. The molecule has 1 spiro atoms. The lowest BCUT2D eigenvalue weighted by molar-refractivity contribution is -0.187. The van der Waals surface area contributed by atoms with E-state index in [1.165, 1.54) is 12.1 Å². The third-order valence-corrected chi connectivity index (χ3v) is 7.16. The predicted octanol–water partition coefficient (Wildman–Crippen LogP) is 3.01. The minimum Gasteiger partial charge on any atom is -0.436 e. The van der Waals surface area contributed by atoms with Gasteiger partial charge in [-0.15, -0.1) is 0 Å². The topological polar surface area (TPSA) is 132 Å². The fourth-order valence-corrected chi connectivity index (χ4v) is 4.99. The number of ketones is 1. The Morgan fingerprint density at radius 1 is 1.24 bits per heavy atom. The van der Waals surface area contributed by atoms with E-state index in [9.17, 15) is 41.1 Å². The molecule has 1 aliphatic heterocycles. The molecule has 10 nitrogen and oxygen atoms in total. The highest BCUT2D eigenvalue weighted by atomic mass is 19.4. The van der Waals surface area contributed by atoms with Crippen LogP contribution in [0.1, 0.15) is 25.3 Å². The number of amides is 4. The second kappa shape index (κ2) is 11.2. The molecule has 1 aromatic carbocycles. The molecule has 4 amide bonds. The summed E-state index contributed by atoms with van der Waals surface area (Å²) in [6.45, 7) is -1.23. The molecule has 0 aromatic heterocycles. The molecule has 3 atom stereocenters. The number of fused-ring (bicyclic) bond motifs is 1. The molecule has 15 heteroatoms. The van der Waals surface area contributed by atoms with E-state index in [0.29, 0.717) is 4.90 Å². The summed E-state index contributed by atoms with van der Waals surface area (Å²) in [5, 5.41) is 12.8. The normalized spacial score (nSPS) is 22.6. The summed E-state index contributed by atoms with van der Waals surface area (Å²) < 4.78 is 74.5. The summed E-state index contributed by atoms with van der Waals surface area (Å²) in [6.07, 6.45) is -4.79. The number of benzene rings is 1. The molecule has 1 fully saturated rings. The van der Waals surface area contributed by atoms with E-state index in [2.05, 4.69) is 10.6 Å². The van der Waals surface area contributed by atoms with Crippen molar-refractivity contribution >= 4 is 23.8 Å². The number of hydrogen-bond donors (Lipinski definition) is 2. The Balaban J connectivity index is 1.51. The van der Waals surface area contributed by atoms with Gasteiger partial charge in [0, 0.05) is 17.7 Å². The summed E-state index contributed by atoms with van der Waals surface area (Å²) in [7, 11) is 0. The molecule has 218 valence electrons. The van der Waals surface area contributed by atoms with Gasteiger partial charge >= 0.3 is 18.3 Å². The Bertz CT molecular complexity index is 1370. The van der Waals surface area contributed by atoms with Gasteiger partial charge in [-0.05, 0) is 43.5 Å². The van der Waals surface area contributed by atoms with E-state index < -0.39 is 72.4 Å². The lowest BCUT2D eigenvalue weighted by Gasteiger charge is -2.32. The van der Waals surface area contributed by atoms with Gasteiger partial charge in [-0.1, -0.05) is 12.1 Å². The maximum Gasteiger partial charge on any atom is 0.411 e. The highest BCUT2D eigenvalue weighted by Crippen LogP contribution is 2.46. The van der Waals surface area contributed by atoms with Crippen LogP contribution in [0.3, 0.4) is 0 Å². The van der Waals surface area contributed by atoms with Gasteiger partial charge < -0.3 is 20.3 Å². The number of nitrogens with one attached hydrogen (secondary N) is 2. The lowest BCUT2D eigenvalue weighted by Crippen LogP contribution is -2.50. The first-order valence-electron chi connectivity index (χ1n) is 12.4. The van der Waals surface area contributed by atoms with Crippen LogP contribution in [0, 0.1) is 17.1 Å². The molecule has 0 saturated carbocycles. The molecule has 1 saturated heterocycles. The molecule has 2 N–H and O–H groups in total. The maximum atomic E-state index is 15.0. The van der Waals surface area contributed by atoms with Gasteiger partial charge in [-0.3, -0.25) is 14.5 Å². The fourth-order valence-electron chi connectivity index (χ4n) is 4.99. The number of Topliss-reactive ketones (excluding diaryl/α,β-unsaturated/α-hetero) is 1. The SMILES string of the molecule is C[C@H](N(Cc1ccc(F)cc1)C(=O)CN1CC2(CCC3=C2C=C(F)C(NC(=O)NCC#N)C3=O)OC1=O)C(F)(F)F. The van der Waals surface area contributed by atoms with E-state index in [0.717, 1.165) is 30.0 Å². The molecule has 0 bridgehead atoms. The summed E-state index contributed by atoms with van der Waals surface area (Å²) in [6, 6.07) is 1.38. The van der Waals surface area contributed by atoms with Gasteiger partial charge in [0.05, 0.1) is 12.6 Å². The van der Waals surface area contributed by atoms with Gasteiger partial charge in [-0.25, -0.2) is 18.4 Å². The molecule has 41 heavy (non-hydrogen) atoms. The number of alkyl halides is 3. The molecule has 3 aliphatic rings. The summed E-state index contributed by atoms with van der Waals surface area (Å²) in [5.74, 6) is -3.49. The predicted molar refractivity (Wildman–Crippen MR) is 130 cm³/mol. The smallest absolute Gasteiger partial charge is 0.411 e. The zero-order chi connectivity index (χ0) is 30.1. The number of carbonyl (C=O) groups excluding carboxylic acids is 4. The molecule has 1 heterocycles. The molecular formula is C26H24F5N5O5. The average Bonchev–Trinajstić information content (AvgIpc) is 3.41. The number of hydrogen-bond acceptors (Lipinski definition) is 6. The largest absolute Gasteiger partial charge is 0.436 e. The third kappa shape index (κ3) is 6.01. The number of urea groups is 1. The van der Waals surface area contributed by atoms with Crippen molar-refractivity contribution in [1.82, 2.24) is 20.4 Å². The number of halogens is 5. The lowest BCUT2D eigenvalue weighted by atomic mass is 9.88. The van der Waals surface area contributed by atoms with Crippen molar-refractivity contribution in [3.8, 4) is 6.07 Å². The summed E-state index contributed by atoms with van der Waals surface area (Å²) >= 11 is 0. The van der Waals surface area contributed by atoms with Crippen molar-refractivity contribution < 1.29 is 45.9 Å². The van der Waals surface area contributed by atoms with Crippen LogP contribution in [0.2, 0.25) is 0 Å². The van der Waals surface area contributed by atoms with Crippen molar-refractivity contribution in [3.05, 3.63) is 58.7 Å². The Morgan fingerprint density at radius 2 is 1.93 bits per heavy atom. The first kappa shape index (κ1) is 29.5. The molecule has 2 aliphatic carbocycles. The quantitative estimate of drug-likeness (QED) is 0.376. The van der Waals surface area contributed by atoms with Gasteiger partial charge in [0.25, 0.3) is 0 Å².